The van der Waals surface area contributed by atoms with Gasteiger partial charge in [-0.05, 0) is 62.1 Å². The lowest BCUT2D eigenvalue weighted by Gasteiger charge is -2.35. The molecule has 8 nitrogen and oxygen atoms in total. The molecule has 1 unspecified atom stereocenters. The van der Waals surface area contributed by atoms with Gasteiger partial charge in [-0.1, -0.05) is 25.1 Å². The number of hydrogen-bond donors (Lipinski definition) is 1. The third kappa shape index (κ3) is 4.74. The van der Waals surface area contributed by atoms with E-state index in [0.29, 0.717) is 17.3 Å². The molecule has 1 aliphatic rings. The van der Waals surface area contributed by atoms with Gasteiger partial charge in [0.1, 0.15) is 17.8 Å². The molecule has 31 heavy (non-hydrogen) atoms. The van der Waals surface area contributed by atoms with E-state index in [1.807, 2.05) is 30.3 Å². The number of nitro groups is 1. The normalized spacial score (nSPS) is 16.0. The van der Waals surface area contributed by atoms with E-state index in [-0.39, 0.29) is 17.5 Å². The van der Waals surface area contributed by atoms with Crippen molar-refractivity contribution in [2.45, 2.75) is 38.6 Å². The Hall–Kier alpha value is -3.68. The summed E-state index contributed by atoms with van der Waals surface area (Å²) in [5.74, 6) is 1.99. The second kappa shape index (κ2) is 9.42. The zero-order valence-electron chi connectivity index (χ0n) is 17.4. The number of piperidine rings is 1. The molecule has 1 N–H and O–H groups in total. The maximum absolute atomic E-state index is 12.0. The molecule has 1 fully saturated rings. The molecule has 1 atom stereocenters. The zero-order valence-corrected chi connectivity index (χ0v) is 17.4. The first-order valence-corrected chi connectivity index (χ1v) is 10.5. The molecule has 8 heteroatoms. The quantitative estimate of drug-likeness (QED) is 0.388. The largest absolute Gasteiger partial charge is 0.457 e. The van der Waals surface area contributed by atoms with Gasteiger partial charge in [-0.25, -0.2) is 9.97 Å². The molecular formula is C23H25N5O3. The third-order valence-electron chi connectivity index (χ3n) is 5.45. The van der Waals surface area contributed by atoms with Crippen LogP contribution in [-0.2, 0) is 0 Å². The summed E-state index contributed by atoms with van der Waals surface area (Å²) in [6.45, 7) is 2.87. The highest BCUT2D eigenvalue weighted by Crippen LogP contribution is 2.37. The van der Waals surface area contributed by atoms with Crippen LogP contribution in [0.15, 0.2) is 60.9 Å². The molecule has 0 amide bonds. The minimum Gasteiger partial charge on any atom is -0.457 e. The number of rotatable bonds is 7. The number of aromatic nitrogens is 2. The predicted octanol–water partition coefficient (Wildman–Crippen LogP) is 5.69. The monoisotopic (exact) mass is 419 g/mol. The molecule has 1 saturated heterocycles. The number of nitrogens with zero attached hydrogens (tertiary/aromatic N) is 4. The number of para-hydroxylation sites is 1. The van der Waals surface area contributed by atoms with E-state index < -0.39 is 4.92 Å². The van der Waals surface area contributed by atoms with Gasteiger partial charge in [0, 0.05) is 18.3 Å². The second-order valence-electron chi connectivity index (χ2n) is 7.47. The predicted molar refractivity (Wildman–Crippen MR) is 120 cm³/mol. The standard InChI is InChI=1S/C23H25N5O3/c1-2-18-8-6-7-15-27(18)23-21(28(29)30)22(24-16-25-23)26-17-11-13-20(14-12-17)31-19-9-4-3-5-10-19/h3-5,9-14,16,18H,2,6-8,15H2,1H3,(H,24,25,26). The van der Waals surface area contributed by atoms with Crippen molar-refractivity contribution in [3.63, 3.8) is 0 Å². The Morgan fingerprint density at radius 3 is 2.55 bits per heavy atom. The van der Waals surface area contributed by atoms with Crippen molar-refractivity contribution < 1.29 is 9.66 Å². The van der Waals surface area contributed by atoms with Crippen LogP contribution in [0.4, 0.5) is 23.0 Å². The summed E-state index contributed by atoms with van der Waals surface area (Å²) in [7, 11) is 0. The van der Waals surface area contributed by atoms with E-state index in [0.717, 1.165) is 38.0 Å². The van der Waals surface area contributed by atoms with Gasteiger partial charge >= 0.3 is 5.69 Å². The molecule has 0 bridgehead atoms. The van der Waals surface area contributed by atoms with Crippen molar-refractivity contribution in [3.8, 4) is 11.5 Å². The minimum absolute atomic E-state index is 0.0903. The molecule has 2 heterocycles. The lowest BCUT2D eigenvalue weighted by atomic mass is 10.00. The molecule has 4 rings (SSSR count). The van der Waals surface area contributed by atoms with Gasteiger partial charge < -0.3 is 15.0 Å². The fraction of sp³-hybridized carbons (Fsp3) is 0.304. The van der Waals surface area contributed by atoms with Crippen LogP contribution in [0.2, 0.25) is 0 Å². The molecule has 1 aliphatic heterocycles. The van der Waals surface area contributed by atoms with Gasteiger partial charge in [0.2, 0.25) is 11.6 Å². The summed E-state index contributed by atoms with van der Waals surface area (Å²) in [6.07, 6.45) is 5.47. The Kier molecular flexibility index (Phi) is 6.26. The van der Waals surface area contributed by atoms with E-state index in [1.54, 1.807) is 24.3 Å². The highest BCUT2D eigenvalue weighted by Gasteiger charge is 2.31. The van der Waals surface area contributed by atoms with Crippen LogP contribution in [0.5, 0.6) is 11.5 Å². The highest BCUT2D eigenvalue weighted by molar-refractivity contribution is 5.74. The average molecular weight is 419 g/mol. The van der Waals surface area contributed by atoms with Gasteiger partial charge in [-0.3, -0.25) is 10.1 Å². The fourth-order valence-corrected chi connectivity index (χ4v) is 3.91. The summed E-state index contributed by atoms with van der Waals surface area (Å²) in [6, 6.07) is 17.0. The second-order valence-corrected chi connectivity index (χ2v) is 7.47. The molecule has 0 spiro atoms. The molecule has 1 aromatic heterocycles. The Labute approximate surface area is 181 Å². The Morgan fingerprint density at radius 1 is 1.10 bits per heavy atom. The van der Waals surface area contributed by atoms with Crippen molar-refractivity contribution in [1.29, 1.82) is 0 Å². The van der Waals surface area contributed by atoms with E-state index in [1.165, 1.54) is 6.33 Å². The van der Waals surface area contributed by atoms with Gasteiger partial charge in [0.15, 0.2) is 0 Å². The van der Waals surface area contributed by atoms with E-state index >= 15 is 0 Å². The van der Waals surface area contributed by atoms with E-state index in [4.69, 9.17) is 4.74 Å². The number of anilines is 3. The number of hydrogen-bond acceptors (Lipinski definition) is 7. The summed E-state index contributed by atoms with van der Waals surface area (Å²) < 4.78 is 5.80. The Balaban J connectivity index is 1.57. The number of nitrogens with one attached hydrogen (secondary N) is 1. The van der Waals surface area contributed by atoms with Crippen LogP contribution in [0.3, 0.4) is 0 Å². The molecule has 160 valence electrons. The summed E-state index contributed by atoms with van der Waals surface area (Å²) >= 11 is 0. The smallest absolute Gasteiger partial charge is 0.353 e. The van der Waals surface area contributed by atoms with Crippen molar-refractivity contribution in [1.82, 2.24) is 9.97 Å². The highest BCUT2D eigenvalue weighted by atomic mass is 16.6. The first kappa shape index (κ1) is 20.6. The molecule has 0 saturated carbocycles. The lowest BCUT2D eigenvalue weighted by Crippen LogP contribution is -2.40. The van der Waals surface area contributed by atoms with Crippen molar-refractivity contribution >= 4 is 23.0 Å². The zero-order chi connectivity index (χ0) is 21.6. The summed E-state index contributed by atoms with van der Waals surface area (Å²) in [5, 5.41) is 15.0. The minimum atomic E-state index is -0.397. The molecule has 2 aromatic carbocycles. The van der Waals surface area contributed by atoms with Crippen LogP contribution in [0.1, 0.15) is 32.6 Å². The molecular weight excluding hydrogens is 394 g/mol. The van der Waals surface area contributed by atoms with Crippen molar-refractivity contribution in [3.05, 3.63) is 71.0 Å². The van der Waals surface area contributed by atoms with Crippen LogP contribution in [-0.4, -0.2) is 27.5 Å². The first-order chi connectivity index (χ1) is 15.2. The molecule has 0 radical (unpaired) electrons. The van der Waals surface area contributed by atoms with Crippen LogP contribution in [0.25, 0.3) is 0 Å². The van der Waals surface area contributed by atoms with Gasteiger partial charge in [-0.15, -0.1) is 0 Å². The van der Waals surface area contributed by atoms with E-state index in [2.05, 4.69) is 27.1 Å². The third-order valence-corrected chi connectivity index (χ3v) is 5.45. The van der Waals surface area contributed by atoms with Crippen LogP contribution >= 0.6 is 0 Å². The molecule has 0 aliphatic carbocycles. The lowest BCUT2D eigenvalue weighted by molar-refractivity contribution is -0.383. The number of benzene rings is 2. The average Bonchev–Trinajstić information content (AvgIpc) is 2.80. The Morgan fingerprint density at radius 2 is 1.84 bits per heavy atom. The fourth-order valence-electron chi connectivity index (χ4n) is 3.91. The maximum Gasteiger partial charge on any atom is 0.353 e. The summed E-state index contributed by atoms with van der Waals surface area (Å²) in [4.78, 5) is 22.1. The SMILES string of the molecule is CCC1CCCCN1c1ncnc(Nc2ccc(Oc3ccccc3)cc2)c1[N+](=O)[O-]. The maximum atomic E-state index is 12.0. The van der Waals surface area contributed by atoms with Crippen molar-refractivity contribution in [2.75, 3.05) is 16.8 Å². The van der Waals surface area contributed by atoms with Crippen molar-refractivity contribution in [2.24, 2.45) is 0 Å². The van der Waals surface area contributed by atoms with Gasteiger partial charge in [-0.2, -0.15) is 0 Å². The van der Waals surface area contributed by atoms with Gasteiger partial charge in [0.05, 0.1) is 4.92 Å². The van der Waals surface area contributed by atoms with Gasteiger partial charge in [0.25, 0.3) is 0 Å². The van der Waals surface area contributed by atoms with Crippen LogP contribution in [0, 0.1) is 10.1 Å². The summed E-state index contributed by atoms with van der Waals surface area (Å²) in [5.41, 5.74) is 0.589. The van der Waals surface area contributed by atoms with Crippen LogP contribution < -0.4 is 15.0 Å². The molecule has 3 aromatic rings. The first-order valence-electron chi connectivity index (χ1n) is 10.5. The number of ether oxygens (including phenoxy) is 1. The topological polar surface area (TPSA) is 93.4 Å². The van der Waals surface area contributed by atoms with E-state index in [9.17, 15) is 10.1 Å². The Bertz CT molecular complexity index is 1030.